The molecule has 0 saturated carbocycles. The maximum Gasteiger partial charge on any atom is 0.0497 e. The summed E-state index contributed by atoms with van der Waals surface area (Å²) in [4.78, 5) is 4.90. The number of hydrogen-bond donors (Lipinski definition) is 0. The number of allylic oxidation sites excluding steroid dienone is 5. The Morgan fingerprint density at radius 3 is 1.55 bits per heavy atom. The quantitative estimate of drug-likeness (QED) is 0.166. The van der Waals surface area contributed by atoms with Gasteiger partial charge in [0.05, 0.1) is 0 Å². The molecule has 2 nitrogen and oxygen atoms in total. The molecule has 3 aliphatic carbocycles. The molecule has 7 aromatic rings. The van der Waals surface area contributed by atoms with E-state index in [0.717, 1.165) is 32.1 Å². The van der Waals surface area contributed by atoms with Crippen LogP contribution in [0.5, 0.6) is 0 Å². The van der Waals surface area contributed by atoms with Gasteiger partial charge in [-0.05, 0) is 140 Å². The number of para-hydroxylation sites is 4. The third-order valence-corrected chi connectivity index (χ3v) is 13.4. The fraction of sp³-hybridized carbons (Fsp3) is 0.107. The molecule has 2 aliphatic heterocycles. The van der Waals surface area contributed by atoms with E-state index < -0.39 is 0 Å². The summed E-state index contributed by atoms with van der Waals surface area (Å²) in [6.45, 7) is 4.57. The van der Waals surface area contributed by atoms with Crippen molar-refractivity contribution >= 4 is 46.3 Å². The minimum atomic E-state index is -0.149. The Labute approximate surface area is 341 Å². The van der Waals surface area contributed by atoms with E-state index in [4.69, 9.17) is 0 Å². The standard InChI is InChI=1S/C56H42N2/c1-37-11-10-16-44-35-56(36-49(37)44)50-31-39(22-21-38-23-26-45(27-24-38)57-52-17-6-2-12-40(52)32-41-13-3-7-18-53(41)57)25-29-47(50)48-30-28-46(34-51(48)56)58-54-19-8-4-14-42(54)33-43-15-5-9-20-55(43)58/h2-10,12-31,34H,1,11,32-33,35-36H2. The van der Waals surface area contributed by atoms with Gasteiger partial charge in [-0.3, -0.25) is 0 Å². The maximum absolute atomic E-state index is 4.57. The van der Waals surface area contributed by atoms with Crippen molar-refractivity contribution in [1.29, 1.82) is 0 Å². The molecule has 276 valence electrons. The fourth-order valence-corrected chi connectivity index (χ4v) is 10.7. The van der Waals surface area contributed by atoms with Gasteiger partial charge in [-0.25, -0.2) is 0 Å². The molecule has 1 unspecified atom stereocenters. The molecule has 0 radical (unpaired) electrons. The first-order chi connectivity index (χ1) is 28.6. The monoisotopic (exact) mass is 742 g/mol. The van der Waals surface area contributed by atoms with Crippen molar-refractivity contribution in [3.63, 3.8) is 0 Å². The third kappa shape index (κ3) is 5.04. The molecule has 0 fully saturated rings. The number of benzene rings is 7. The lowest BCUT2D eigenvalue weighted by Gasteiger charge is -2.35. The van der Waals surface area contributed by atoms with Gasteiger partial charge in [0.2, 0.25) is 0 Å². The molecule has 1 spiro atoms. The minimum absolute atomic E-state index is 0.149. The van der Waals surface area contributed by atoms with Crippen LogP contribution in [0.15, 0.2) is 193 Å². The molecule has 0 amide bonds. The average Bonchev–Trinajstić information content (AvgIpc) is 3.80. The van der Waals surface area contributed by atoms with Crippen LogP contribution in [0.1, 0.15) is 63.8 Å². The van der Waals surface area contributed by atoms with E-state index >= 15 is 0 Å². The van der Waals surface area contributed by atoms with Crippen molar-refractivity contribution in [2.45, 2.75) is 37.5 Å². The molecule has 0 aromatic heterocycles. The van der Waals surface area contributed by atoms with Crippen molar-refractivity contribution in [3.8, 4) is 11.1 Å². The summed E-state index contributed by atoms with van der Waals surface area (Å²) in [7, 11) is 0. The van der Waals surface area contributed by atoms with Crippen LogP contribution in [0.4, 0.5) is 34.1 Å². The summed E-state index contributed by atoms with van der Waals surface area (Å²) in [5.74, 6) is 0. The van der Waals surface area contributed by atoms with Crippen molar-refractivity contribution in [2.75, 3.05) is 9.80 Å². The summed E-state index contributed by atoms with van der Waals surface area (Å²) in [6.07, 6.45) is 14.1. The Kier molecular flexibility index (Phi) is 7.35. The second kappa shape index (κ2) is 12.8. The van der Waals surface area contributed by atoms with Gasteiger partial charge in [0.25, 0.3) is 0 Å². The lowest BCUT2D eigenvalue weighted by Crippen LogP contribution is -2.23. The van der Waals surface area contributed by atoms with E-state index in [1.807, 2.05) is 0 Å². The van der Waals surface area contributed by atoms with E-state index in [1.165, 1.54) is 106 Å². The van der Waals surface area contributed by atoms with Crippen molar-refractivity contribution < 1.29 is 0 Å². The molecule has 2 heteroatoms. The van der Waals surface area contributed by atoms with Crippen LogP contribution >= 0.6 is 0 Å². The van der Waals surface area contributed by atoms with Gasteiger partial charge in [-0.2, -0.15) is 0 Å². The van der Waals surface area contributed by atoms with Crippen molar-refractivity contribution in [2.24, 2.45) is 0 Å². The van der Waals surface area contributed by atoms with Crippen LogP contribution in [0.2, 0.25) is 0 Å². The number of hydrogen-bond acceptors (Lipinski definition) is 2. The lowest BCUT2D eigenvalue weighted by molar-refractivity contribution is 0.561. The highest BCUT2D eigenvalue weighted by Crippen LogP contribution is 2.61. The van der Waals surface area contributed by atoms with Crippen LogP contribution in [0, 0.1) is 0 Å². The summed E-state index contributed by atoms with van der Waals surface area (Å²) in [6, 6.07) is 58.9. The van der Waals surface area contributed by atoms with Gasteiger partial charge in [0, 0.05) is 52.4 Å². The van der Waals surface area contributed by atoms with Gasteiger partial charge >= 0.3 is 0 Å². The van der Waals surface area contributed by atoms with Gasteiger partial charge in [0.15, 0.2) is 0 Å². The summed E-state index contributed by atoms with van der Waals surface area (Å²) >= 11 is 0. The lowest BCUT2D eigenvalue weighted by atomic mass is 9.74. The van der Waals surface area contributed by atoms with Crippen LogP contribution < -0.4 is 9.80 Å². The predicted octanol–water partition coefficient (Wildman–Crippen LogP) is 14.5. The smallest absolute Gasteiger partial charge is 0.0497 e. The van der Waals surface area contributed by atoms with E-state index in [0.29, 0.717) is 0 Å². The van der Waals surface area contributed by atoms with Gasteiger partial charge in [-0.1, -0.05) is 140 Å². The molecular weight excluding hydrogens is 701 g/mol. The number of fused-ring (bicyclic) bond motifs is 9. The van der Waals surface area contributed by atoms with Crippen LogP contribution in [-0.4, -0.2) is 0 Å². The molecule has 7 aromatic carbocycles. The molecule has 0 saturated heterocycles. The van der Waals surface area contributed by atoms with Crippen molar-refractivity contribution in [3.05, 3.63) is 238 Å². The molecule has 12 rings (SSSR count). The van der Waals surface area contributed by atoms with E-state index in [1.54, 1.807) is 0 Å². The predicted molar refractivity (Wildman–Crippen MR) is 242 cm³/mol. The third-order valence-electron chi connectivity index (χ3n) is 13.4. The highest BCUT2D eigenvalue weighted by molar-refractivity contribution is 5.90. The summed E-state index contributed by atoms with van der Waals surface area (Å²) in [5, 5.41) is 0. The Balaban J connectivity index is 0.914. The molecule has 2 heterocycles. The van der Waals surface area contributed by atoms with Crippen molar-refractivity contribution in [1.82, 2.24) is 0 Å². The highest BCUT2D eigenvalue weighted by atomic mass is 15.2. The van der Waals surface area contributed by atoms with Gasteiger partial charge < -0.3 is 9.80 Å². The summed E-state index contributed by atoms with van der Waals surface area (Å²) < 4.78 is 0. The highest BCUT2D eigenvalue weighted by Gasteiger charge is 2.48. The van der Waals surface area contributed by atoms with Crippen LogP contribution in [-0.2, 0) is 18.3 Å². The fourth-order valence-electron chi connectivity index (χ4n) is 10.7. The Bertz CT molecular complexity index is 2870. The number of rotatable bonds is 4. The zero-order valence-corrected chi connectivity index (χ0v) is 32.5. The second-order valence-electron chi connectivity index (χ2n) is 16.6. The summed E-state index contributed by atoms with van der Waals surface area (Å²) in [5.41, 5.74) is 25.0. The largest absolute Gasteiger partial charge is 0.310 e. The van der Waals surface area contributed by atoms with E-state index in [2.05, 4.69) is 198 Å². The first kappa shape index (κ1) is 33.3. The molecule has 0 bridgehead atoms. The molecule has 58 heavy (non-hydrogen) atoms. The molecular formula is C56H42N2. The second-order valence-corrected chi connectivity index (χ2v) is 16.6. The van der Waals surface area contributed by atoms with E-state index in [-0.39, 0.29) is 5.41 Å². The first-order valence-electron chi connectivity index (χ1n) is 20.7. The Morgan fingerprint density at radius 1 is 0.483 bits per heavy atom. The normalized spacial score (nSPS) is 18.2. The van der Waals surface area contributed by atoms with Gasteiger partial charge in [-0.15, -0.1) is 0 Å². The molecule has 0 N–H and O–H groups in total. The molecule has 5 aliphatic rings. The average molecular weight is 743 g/mol. The zero-order valence-electron chi connectivity index (χ0n) is 32.5. The minimum Gasteiger partial charge on any atom is -0.310 e. The van der Waals surface area contributed by atoms with E-state index in [9.17, 15) is 0 Å². The van der Waals surface area contributed by atoms with Gasteiger partial charge in [0.1, 0.15) is 0 Å². The van der Waals surface area contributed by atoms with Crippen LogP contribution in [0.25, 0.3) is 23.3 Å². The Morgan fingerprint density at radius 2 is 0.966 bits per heavy atom. The molecule has 1 atom stereocenters. The SMILES string of the molecule is C=C1CC=CC2=C1CC1(C2)c2cc(C=Cc3ccc(N4c5ccccc5Cc5ccccc54)cc3)ccc2-c2ccc(N3c4ccccc4Cc4ccccc43)cc21. The van der Waals surface area contributed by atoms with Crippen LogP contribution in [0.3, 0.4) is 0 Å². The first-order valence-corrected chi connectivity index (χ1v) is 20.7. The Hall–Kier alpha value is -6.90. The number of anilines is 6. The zero-order chi connectivity index (χ0) is 38.4. The maximum atomic E-state index is 4.57. The topological polar surface area (TPSA) is 6.48 Å². The number of nitrogens with zero attached hydrogens (tertiary/aromatic N) is 2.